The maximum atomic E-state index is 12.2. The minimum absolute atomic E-state index is 0.0883. The highest BCUT2D eigenvalue weighted by Gasteiger charge is 2.48. The Bertz CT molecular complexity index is 326. The van der Waals surface area contributed by atoms with Crippen molar-refractivity contribution in [3.8, 4) is 0 Å². The van der Waals surface area contributed by atoms with Gasteiger partial charge in [-0.1, -0.05) is 13.8 Å². The number of Topliss-reactive ketones (excluding diaryl/α,β-unsaturated/α-hetero) is 1. The Hall–Kier alpha value is -0.940. The van der Waals surface area contributed by atoms with Crippen LogP contribution in [-0.2, 0) is 23.8 Å². The van der Waals surface area contributed by atoms with Crippen LogP contribution in [0, 0.1) is 11.3 Å². The minimum atomic E-state index is -1.16. The van der Waals surface area contributed by atoms with Crippen LogP contribution in [0.25, 0.3) is 0 Å². The highest BCUT2D eigenvalue weighted by atomic mass is 16.5. The third kappa shape index (κ3) is 4.56. The van der Waals surface area contributed by atoms with Crippen LogP contribution in [0.3, 0.4) is 0 Å². The summed E-state index contributed by atoms with van der Waals surface area (Å²) < 4.78 is 15.9. The van der Waals surface area contributed by atoms with Crippen LogP contribution in [0.15, 0.2) is 0 Å². The average Bonchev–Trinajstić information content (AvgIpc) is 2.40. The van der Waals surface area contributed by atoms with Gasteiger partial charge in [-0.3, -0.25) is 9.59 Å². The van der Waals surface area contributed by atoms with E-state index in [2.05, 4.69) is 13.8 Å². The first kappa shape index (κ1) is 17.1. The van der Waals surface area contributed by atoms with Gasteiger partial charge in [-0.2, -0.15) is 0 Å². The Kier molecular flexibility index (Phi) is 7.16. The maximum absolute atomic E-state index is 12.2. The van der Waals surface area contributed by atoms with Gasteiger partial charge in [0.1, 0.15) is 0 Å². The van der Waals surface area contributed by atoms with Gasteiger partial charge in [0, 0.05) is 19.6 Å². The van der Waals surface area contributed by atoms with Gasteiger partial charge in [0.15, 0.2) is 11.2 Å². The third-order valence-corrected chi connectivity index (χ3v) is 3.53. The fourth-order valence-electron chi connectivity index (χ4n) is 2.15. The lowest BCUT2D eigenvalue weighted by Gasteiger charge is -2.33. The van der Waals surface area contributed by atoms with Crippen molar-refractivity contribution in [3.63, 3.8) is 0 Å². The molecule has 0 bridgehead atoms. The van der Waals surface area contributed by atoms with Crippen LogP contribution in [0.4, 0.5) is 0 Å². The normalized spacial score (nSPS) is 23.1. The number of rotatable bonds is 8. The first-order valence-electron chi connectivity index (χ1n) is 7.39. The van der Waals surface area contributed by atoms with E-state index < -0.39 is 11.4 Å². The first-order valence-corrected chi connectivity index (χ1v) is 7.39. The fourth-order valence-corrected chi connectivity index (χ4v) is 2.15. The SMILES string of the molecule is CCOC(=O)C1(CCOCCC(C)C)COCCC1=O. The lowest BCUT2D eigenvalue weighted by molar-refractivity contribution is -0.171. The Morgan fingerprint density at radius 2 is 2.15 bits per heavy atom. The Labute approximate surface area is 121 Å². The van der Waals surface area contributed by atoms with Crippen LogP contribution in [-0.4, -0.2) is 44.8 Å². The van der Waals surface area contributed by atoms with Crippen LogP contribution in [0.2, 0.25) is 0 Å². The average molecular weight is 286 g/mol. The molecule has 0 aromatic carbocycles. The van der Waals surface area contributed by atoms with Gasteiger partial charge in [0.2, 0.25) is 0 Å². The summed E-state index contributed by atoms with van der Waals surface area (Å²) in [5, 5.41) is 0. The minimum Gasteiger partial charge on any atom is -0.465 e. The van der Waals surface area contributed by atoms with Crippen molar-refractivity contribution in [3.05, 3.63) is 0 Å². The highest BCUT2D eigenvalue weighted by Crippen LogP contribution is 2.31. The second-order valence-electron chi connectivity index (χ2n) is 5.57. The number of ether oxygens (including phenoxy) is 3. The Morgan fingerprint density at radius 3 is 2.75 bits per heavy atom. The van der Waals surface area contributed by atoms with Crippen molar-refractivity contribution < 1.29 is 23.8 Å². The zero-order chi connectivity index (χ0) is 15.0. The van der Waals surface area contributed by atoms with Crippen molar-refractivity contribution in [2.24, 2.45) is 11.3 Å². The van der Waals surface area contributed by atoms with E-state index in [0.717, 1.165) is 6.42 Å². The second kappa shape index (κ2) is 8.37. The number of carbonyl (C=O) groups excluding carboxylic acids is 2. The number of carbonyl (C=O) groups is 2. The molecule has 0 aromatic heterocycles. The molecule has 20 heavy (non-hydrogen) atoms. The third-order valence-electron chi connectivity index (χ3n) is 3.53. The van der Waals surface area contributed by atoms with Gasteiger partial charge in [-0.15, -0.1) is 0 Å². The maximum Gasteiger partial charge on any atom is 0.322 e. The van der Waals surface area contributed by atoms with Crippen LogP contribution in [0.5, 0.6) is 0 Å². The van der Waals surface area contributed by atoms with Crippen LogP contribution in [0.1, 0.15) is 40.0 Å². The summed E-state index contributed by atoms with van der Waals surface area (Å²) in [6, 6.07) is 0. The molecule has 1 aliphatic rings. The summed E-state index contributed by atoms with van der Waals surface area (Å²) in [6.45, 7) is 7.77. The molecule has 1 saturated heterocycles. The second-order valence-corrected chi connectivity index (χ2v) is 5.57. The lowest BCUT2D eigenvalue weighted by atomic mass is 9.78. The van der Waals surface area contributed by atoms with E-state index in [4.69, 9.17) is 14.2 Å². The number of hydrogen-bond donors (Lipinski definition) is 0. The standard InChI is InChI=1S/C15H26O5/c1-4-20-14(17)15(11-19-9-6-13(15)16)7-10-18-8-5-12(2)3/h12H,4-11H2,1-3H3. The Morgan fingerprint density at radius 1 is 1.40 bits per heavy atom. The summed E-state index contributed by atoms with van der Waals surface area (Å²) >= 11 is 0. The van der Waals surface area contributed by atoms with Crippen molar-refractivity contribution in [1.82, 2.24) is 0 Å². The summed E-state index contributed by atoms with van der Waals surface area (Å²) in [4.78, 5) is 24.3. The first-order chi connectivity index (χ1) is 9.53. The topological polar surface area (TPSA) is 61.8 Å². The predicted octanol–water partition coefficient (Wildman–Crippen LogP) is 1.98. The number of hydrogen-bond acceptors (Lipinski definition) is 5. The van der Waals surface area contributed by atoms with Gasteiger partial charge >= 0.3 is 5.97 Å². The van der Waals surface area contributed by atoms with E-state index in [1.54, 1.807) is 6.92 Å². The molecule has 1 fully saturated rings. The molecule has 0 amide bonds. The molecule has 1 rings (SSSR count). The van der Waals surface area contributed by atoms with Crippen molar-refractivity contribution in [1.29, 1.82) is 0 Å². The number of ketones is 1. The molecule has 1 unspecified atom stereocenters. The Balaban J connectivity index is 2.55. The summed E-state index contributed by atoms with van der Waals surface area (Å²) in [6.07, 6.45) is 1.57. The lowest BCUT2D eigenvalue weighted by Crippen LogP contribution is -2.48. The molecule has 0 aliphatic carbocycles. The molecule has 0 N–H and O–H groups in total. The molecular weight excluding hydrogens is 260 g/mol. The van der Waals surface area contributed by atoms with Crippen LogP contribution < -0.4 is 0 Å². The van der Waals surface area contributed by atoms with Crippen molar-refractivity contribution in [2.75, 3.05) is 33.0 Å². The quantitative estimate of drug-likeness (QED) is 0.388. The smallest absolute Gasteiger partial charge is 0.322 e. The summed E-state index contributed by atoms with van der Waals surface area (Å²) in [7, 11) is 0. The largest absolute Gasteiger partial charge is 0.465 e. The molecule has 1 aliphatic heterocycles. The molecule has 0 aromatic rings. The molecular formula is C15H26O5. The monoisotopic (exact) mass is 286 g/mol. The van der Waals surface area contributed by atoms with Crippen LogP contribution >= 0.6 is 0 Å². The van der Waals surface area contributed by atoms with Gasteiger partial charge in [0.05, 0.1) is 19.8 Å². The summed E-state index contributed by atoms with van der Waals surface area (Å²) in [5.74, 6) is 0.0143. The van der Waals surface area contributed by atoms with Gasteiger partial charge in [-0.05, 0) is 25.7 Å². The van der Waals surface area contributed by atoms with E-state index in [1.807, 2.05) is 0 Å². The van der Waals surface area contributed by atoms with E-state index in [9.17, 15) is 9.59 Å². The van der Waals surface area contributed by atoms with Crippen molar-refractivity contribution in [2.45, 2.75) is 40.0 Å². The molecule has 5 nitrogen and oxygen atoms in total. The zero-order valence-electron chi connectivity index (χ0n) is 12.8. The molecule has 1 atom stereocenters. The van der Waals surface area contributed by atoms with Gasteiger partial charge in [0.25, 0.3) is 0 Å². The molecule has 0 radical (unpaired) electrons. The van der Waals surface area contributed by atoms with Gasteiger partial charge in [-0.25, -0.2) is 0 Å². The van der Waals surface area contributed by atoms with E-state index in [0.29, 0.717) is 32.2 Å². The number of esters is 1. The molecule has 0 saturated carbocycles. The highest BCUT2D eigenvalue weighted by molar-refractivity contribution is 6.04. The summed E-state index contributed by atoms with van der Waals surface area (Å²) in [5.41, 5.74) is -1.16. The van der Waals surface area contributed by atoms with Gasteiger partial charge < -0.3 is 14.2 Å². The fraction of sp³-hybridized carbons (Fsp3) is 0.867. The van der Waals surface area contributed by atoms with Crippen molar-refractivity contribution >= 4 is 11.8 Å². The van der Waals surface area contributed by atoms with E-state index >= 15 is 0 Å². The molecule has 116 valence electrons. The molecule has 5 heteroatoms. The zero-order valence-corrected chi connectivity index (χ0v) is 12.8. The predicted molar refractivity (Wildman–Crippen MR) is 74.4 cm³/mol. The molecule has 1 heterocycles. The molecule has 0 spiro atoms. The van der Waals surface area contributed by atoms with E-state index in [1.165, 1.54) is 0 Å². The van der Waals surface area contributed by atoms with E-state index in [-0.39, 0.29) is 25.4 Å².